The van der Waals surface area contributed by atoms with Crippen molar-refractivity contribution >= 4 is 0 Å². The van der Waals surface area contributed by atoms with E-state index in [4.69, 9.17) is 5.73 Å². The van der Waals surface area contributed by atoms with Gasteiger partial charge in [0.25, 0.3) is 0 Å². The van der Waals surface area contributed by atoms with Crippen LogP contribution in [-0.2, 0) is 0 Å². The highest BCUT2D eigenvalue weighted by Crippen LogP contribution is 2.32. The van der Waals surface area contributed by atoms with Gasteiger partial charge in [-0.25, -0.2) is 0 Å². The topological polar surface area (TPSA) is 29.3 Å². The summed E-state index contributed by atoms with van der Waals surface area (Å²) in [6, 6.07) is 0.894. The second kappa shape index (κ2) is 4.43. The minimum atomic E-state index is 0.884. The Morgan fingerprint density at radius 3 is 2.77 bits per heavy atom. The molecule has 2 heterocycles. The lowest BCUT2D eigenvalue weighted by Crippen LogP contribution is -2.35. The van der Waals surface area contributed by atoms with Crippen molar-refractivity contribution in [2.45, 2.75) is 44.6 Å². The zero-order chi connectivity index (χ0) is 9.10. The maximum atomic E-state index is 5.67. The molecule has 0 bridgehead atoms. The summed E-state index contributed by atoms with van der Waals surface area (Å²) in [6.07, 6.45) is 8.38. The zero-order valence-corrected chi connectivity index (χ0v) is 8.54. The smallest absolute Gasteiger partial charge is 0.0124 e. The maximum absolute atomic E-state index is 5.67. The van der Waals surface area contributed by atoms with Crippen molar-refractivity contribution < 1.29 is 0 Å². The minimum Gasteiger partial charge on any atom is -0.330 e. The normalized spacial score (nSPS) is 35.8. The van der Waals surface area contributed by atoms with Crippen molar-refractivity contribution in [2.75, 3.05) is 19.6 Å². The van der Waals surface area contributed by atoms with Crippen LogP contribution in [0.4, 0.5) is 0 Å². The quantitative estimate of drug-likeness (QED) is 0.703. The summed E-state index contributed by atoms with van der Waals surface area (Å²) in [4.78, 5) is 2.72. The van der Waals surface area contributed by atoms with E-state index in [1.807, 2.05) is 0 Å². The summed E-state index contributed by atoms with van der Waals surface area (Å²) in [6.45, 7) is 3.59. The van der Waals surface area contributed by atoms with Crippen molar-refractivity contribution in [3.63, 3.8) is 0 Å². The molecule has 2 rings (SSSR count). The fourth-order valence-electron chi connectivity index (χ4n) is 3.13. The lowest BCUT2D eigenvalue weighted by atomic mass is 9.91. The third kappa shape index (κ3) is 2.05. The van der Waals surface area contributed by atoms with Crippen LogP contribution in [0.1, 0.15) is 38.5 Å². The largest absolute Gasteiger partial charge is 0.330 e. The molecule has 76 valence electrons. The number of fused-ring (bicyclic) bond motifs is 1. The maximum Gasteiger partial charge on any atom is 0.0124 e. The fraction of sp³-hybridized carbons (Fsp3) is 1.00. The SMILES string of the molecule is NCCC1CCCCN2CCCC12. The standard InChI is InChI=1S/C11H22N2/c12-7-6-10-4-1-2-8-13-9-3-5-11(10)13/h10-11H,1-9,12H2. The Balaban J connectivity index is 1.98. The number of nitrogens with zero attached hydrogens (tertiary/aromatic N) is 1. The lowest BCUT2D eigenvalue weighted by molar-refractivity contribution is 0.201. The first-order chi connectivity index (χ1) is 6.42. The van der Waals surface area contributed by atoms with E-state index in [9.17, 15) is 0 Å². The Labute approximate surface area is 81.5 Å². The third-order valence-corrected chi connectivity index (χ3v) is 3.77. The molecular formula is C11H22N2. The van der Waals surface area contributed by atoms with Crippen LogP contribution in [-0.4, -0.2) is 30.6 Å². The Kier molecular flexibility index (Phi) is 3.23. The van der Waals surface area contributed by atoms with Crippen LogP contribution in [0.2, 0.25) is 0 Å². The van der Waals surface area contributed by atoms with E-state index >= 15 is 0 Å². The van der Waals surface area contributed by atoms with Crippen LogP contribution in [0.25, 0.3) is 0 Å². The molecule has 0 aromatic heterocycles. The molecule has 0 saturated carbocycles. The number of nitrogens with two attached hydrogens (primary N) is 1. The average molecular weight is 182 g/mol. The Bertz CT molecular complexity index is 158. The highest BCUT2D eigenvalue weighted by Gasteiger charge is 2.32. The van der Waals surface area contributed by atoms with Gasteiger partial charge in [0, 0.05) is 6.04 Å². The highest BCUT2D eigenvalue weighted by molar-refractivity contribution is 4.87. The Morgan fingerprint density at radius 2 is 1.92 bits per heavy atom. The summed E-state index contributed by atoms with van der Waals surface area (Å²) >= 11 is 0. The molecule has 2 nitrogen and oxygen atoms in total. The molecule has 13 heavy (non-hydrogen) atoms. The van der Waals surface area contributed by atoms with Crippen molar-refractivity contribution in [1.82, 2.24) is 4.90 Å². The van der Waals surface area contributed by atoms with Gasteiger partial charge in [-0.1, -0.05) is 6.42 Å². The van der Waals surface area contributed by atoms with Gasteiger partial charge in [-0.05, 0) is 57.7 Å². The Hall–Kier alpha value is -0.0800. The molecule has 0 radical (unpaired) electrons. The zero-order valence-electron chi connectivity index (χ0n) is 8.54. The molecule has 0 aromatic rings. The van der Waals surface area contributed by atoms with E-state index < -0.39 is 0 Å². The van der Waals surface area contributed by atoms with E-state index in [1.165, 1.54) is 51.6 Å². The van der Waals surface area contributed by atoms with Gasteiger partial charge >= 0.3 is 0 Å². The monoisotopic (exact) mass is 182 g/mol. The number of hydrogen-bond acceptors (Lipinski definition) is 2. The van der Waals surface area contributed by atoms with Gasteiger partial charge in [0.1, 0.15) is 0 Å². The summed E-state index contributed by atoms with van der Waals surface area (Å²) < 4.78 is 0. The number of rotatable bonds is 2. The van der Waals surface area contributed by atoms with E-state index in [1.54, 1.807) is 0 Å². The van der Waals surface area contributed by atoms with Gasteiger partial charge in [-0.2, -0.15) is 0 Å². The molecule has 0 aliphatic carbocycles. The van der Waals surface area contributed by atoms with Crippen molar-refractivity contribution in [1.29, 1.82) is 0 Å². The molecule has 2 fully saturated rings. The lowest BCUT2D eigenvalue weighted by Gasteiger charge is -2.28. The first kappa shape index (κ1) is 9.47. The Morgan fingerprint density at radius 1 is 1.08 bits per heavy atom. The van der Waals surface area contributed by atoms with Gasteiger partial charge < -0.3 is 10.6 Å². The fourth-order valence-corrected chi connectivity index (χ4v) is 3.13. The summed E-state index contributed by atoms with van der Waals surface area (Å²) in [5.41, 5.74) is 5.67. The second-order valence-corrected chi connectivity index (χ2v) is 4.58. The third-order valence-electron chi connectivity index (χ3n) is 3.77. The van der Waals surface area contributed by atoms with Gasteiger partial charge in [0.15, 0.2) is 0 Å². The van der Waals surface area contributed by atoms with E-state index in [2.05, 4.69) is 4.90 Å². The summed E-state index contributed by atoms with van der Waals surface area (Å²) in [7, 11) is 0. The summed E-state index contributed by atoms with van der Waals surface area (Å²) in [5, 5.41) is 0. The van der Waals surface area contributed by atoms with Crippen molar-refractivity contribution in [2.24, 2.45) is 11.7 Å². The van der Waals surface area contributed by atoms with Gasteiger partial charge in [0.2, 0.25) is 0 Å². The van der Waals surface area contributed by atoms with E-state index in [0.717, 1.165) is 18.5 Å². The second-order valence-electron chi connectivity index (χ2n) is 4.58. The molecular weight excluding hydrogens is 160 g/mol. The molecule has 2 saturated heterocycles. The molecule has 0 aromatic carbocycles. The first-order valence-electron chi connectivity index (χ1n) is 5.86. The van der Waals surface area contributed by atoms with Gasteiger partial charge in [0.05, 0.1) is 0 Å². The predicted octanol–water partition coefficient (Wildman–Crippen LogP) is 1.60. The van der Waals surface area contributed by atoms with Crippen molar-refractivity contribution in [3.8, 4) is 0 Å². The molecule has 2 heteroatoms. The molecule has 2 aliphatic rings. The summed E-state index contributed by atoms with van der Waals surface area (Å²) in [5.74, 6) is 0.912. The number of hydrogen-bond donors (Lipinski definition) is 1. The van der Waals surface area contributed by atoms with Crippen LogP contribution >= 0.6 is 0 Å². The van der Waals surface area contributed by atoms with Gasteiger partial charge in [-0.3, -0.25) is 0 Å². The van der Waals surface area contributed by atoms with Crippen LogP contribution < -0.4 is 5.73 Å². The van der Waals surface area contributed by atoms with E-state index in [-0.39, 0.29) is 0 Å². The molecule has 2 N–H and O–H groups in total. The predicted molar refractivity (Wildman–Crippen MR) is 55.6 cm³/mol. The molecule has 2 aliphatic heterocycles. The van der Waals surface area contributed by atoms with Crippen molar-refractivity contribution in [3.05, 3.63) is 0 Å². The van der Waals surface area contributed by atoms with Crippen LogP contribution in [0.15, 0.2) is 0 Å². The van der Waals surface area contributed by atoms with Crippen LogP contribution in [0, 0.1) is 5.92 Å². The average Bonchev–Trinajstić information content (AvgIpc) is 2.52. The molecule has 0 spiro atoms. The first-order valence-corrected chi connectivity index (χ1v) is 5.86. The van der Waals surface area contributed by atoms with Crippen LogP contribution in [0.3, 0.4) is 0 Å². The highest BCUT2D eigenvalue weighted by atomic mass is 15.2. The molecule has 2 unspecified atom stereocenters. The minimum absolute atomic E-state index is 0.884. The van der Waals surface area contributed by atoms with Gasteiger partial charge in [-0.15, -0.1) is 0 Å². The van der Waals surface area contributed by atoms with Crippen LogP contribution in [0.5, 0.6) is 0 Å². The van der Waals surface area contributed by atoms with E-state index in [0.29, 0.717) is 0 Å². The molecule has 0 amide bonds. The molecule has 2 atom stereocenters.